The Bertz CT molecular complexity index is 329. The molecule has 0 spiro atoms. The zero-order chi connectivity index (χ0) is 14.3. The monoisotopic (exact) mass is 261 g/mol. The number of carboxylic acids is 1. The van der Waals surface area contributed by atoms with Crippen LogP contribution < -0.4 is 16.4 Å². The van der Waals surface area contributed by atoms with E-state index in [9.17, 15) is 14.4 Å². The average Bonchev–Trinajstić information content (AvgIpc) is 2.25. The van der Waals surface area contributed by atoms with Gasteiger partial charge in [-0.2, -0.15) is 0 Å². The minimum absolute atomic E-state index is 0.193. The highest BCUT2D eigenvalue weighted by Crippen LogP contribution is 2.04. The van der Waals surface area contributed by atoms with Crippen molar-refractivity contribution in [1.29, 1.82) is 0 Å². The summed E-state index contributed by atoms with van der Waals surface area (Å²) in [5.41, 5.74) is 4.31. The largest absolute Gasteiger partial charge is 0.480 e. The number of nitrogens with two attached hydrogens (primary N) is 1. The Balaban J connectivity index is 4.27. The van der Waals surface area contributed by atoms with Crippen molar-refractivity contribution >= 4 is 17.9 Å². The lowest BCUT2D eigenvalue weighted by Gasteiger charge is -2.23. The van der Waals surface area contributed by atoms with E-state index in [0.717, 1.165) is 0 Å². The first-order valence-corrected chi connectivity index (χ1v) is 5.28. The number of carbonyl (C=O) groups excluding carboxylic acids is 2. The van der Waals surface area contributed by atoms with E-state index in [1.54, 1.807) is 13.8 Å². The zero-order valence-corrected chi connectivity index (χ0v) is 10.6. The molecule has 0 saturated heterocycles. The highest BCUT2D eigenvalue weighted by molar-refractivity contribution is 5.87. The summed E-state index contributed by atoms with van der Waals surface area (Å²) in [6.45, 7) is 3.70. The van der Waals surface area contributed by atoms with Gasteiger partial charge in [-0.25, -0.2) is 9.59 Å². The van der Waals surface area contributed by atoms with Crippen molar-refractivity contribution in [2.24, 2.45) is 5.73 Å². The molecule has 0 rings (SSSR count). The molecule has 0 aromatic carbocycles. The number of urea groups is 1. The van der Waals surface area contributed by atoms with Gasteiger partial charge in [0.2, 0.25) is 5.91 Å². The van der Waals surface area contributed by atoms with Crippen molar-refractivity contribution in [1.82, 2.24) is 10.6 Å². The van der Waals surface area contributed by atoms with Gasteiger partial charge >= 0.3 is 12.0 Å². The molecule has 0 bridgehead atoms. The molecule has 0 aliphatic heterocycles. The van der Waals surface area contributed by atoms with Crippen LogP contribution in [0.4, 0.5) is 4.79 Å². The number of carboxylic acid groups (broad SMARTS) is 1. The number of hydrogen-bond donors (Lipinski definition) is 4. The van der Waals surface area contributed by atoms with Crippen molar-refractivity contribution in [2.45, 2.75) is 31.9 Å². The summed E-state index contributed by atoms with van der Waals surface area (Å²) in [6, 6.07) is -2.04. The van der Waals surface area contributed by atoms with Crippen LogP contribution in [0.5, 0.6) is 0 Å². The Kier molecular flexibility index (Phi) is 6.11. The number of primary amides is 1. The van der Waals surface area contributed by atoms with Crippen molar-refractivity contribution < 1.29 is 24.2 Å². The van der Waals surface area contributed by atoms with Crippen LogP contribution in [0.15, 0.2) is 0 Å². The van der Waals surface area contributed by atoms with E-state index in [1.807, 2.05) is 0 Å². The van der Waals surface area contributed by atoms with Crippen molar-refractivity contribution in [3.63, 3.8) is 0 Å². The molecule has 0 aromatic rings. The summed E-state index contributed by atoms with van der Waals surface area (Å²) < 4.78 is 5.07. The lowest BCUT2D eigenvalue weighted by molar-refractivity contribution is -0.140. The number of amides is 3. The quantitative estimate of drug-likeness (QED) is 0.468. The van der Waals surface area contributed by atoms with Crippen molar-refractivity contribution in [3.05, 3.63) is 0 Å². The van der Waals surface area contributed by atoms with Crippen LogP contribution in [0, 0.1) is 0 Å². The molecule has 0 heterocycles. The molecule has 104 valence electrons. The lowest BCUT2D eigenvalue weighted by Crippen LogP contribution is -2.50. The summed E-state index contributed by atoms with van der Waals surface area (Å²) in [5, 5.41) is 13.4. The normalized spacial score (nSPS) is 12.6. The second-order valence-electron chi connectivity index (χ2n) is 4.35. The Morgan fingerprint density at radius 1 is 1.39 bits per heavy atom. The number of hydrogen-bond acceptors (Lipinski definition) is 4. The maximum absolute atomic E-state index is 11.4. The summed E-state index contributed by atoms with van der Waals surface area (Å²) in [4.78, 5) is 32.8. The topological polar surface area (TPSA) is 131 Å². The third-order valence-corrected chi connectivity index (χ3v) is 2.24. The number of ether oxygens (including phenoxy) is 1. The van der Waals surface area contributed by atoms with Crippen LogP contribution in [0.25, 0.3) is 0 Å². The first-order chi connectivity index (χ1) is 8.18. The first-order valence-electron chi connectivity index (χ1n) is 5.28. The summed E-state index contributed by atoms with van der Waals surface area (Å²) in [5.74, 6) is -2.13. The third-order valence-electron chi connectivity index (χ3n) is 2.24. The van der Waals surface area contributed by atoms with Crippen molar-refractivity contribution in [3.8, 4) is 0 Å². The fourth-order valence-electron chi connectivity index (χ4n) is 0.976. The molecule has 0 radical (unpaired) electrons. The third kappa shape index (κ3) is 6.69. The molecule has 5 N–H and O–H groups in total. The van der Waals surface area contributed by atoms with Gasteiger partial charge in [-0.05, 0) is 13.8 Å². The smallest absolute Gasteiger partial charge is 0.326 e. The van der Waals surface area contributed by atoms with Crippen LogP contribution in [0.3, 0.4) is 0 Å². The van der Waals surface area contributed by atoms with E-state index in [4.69, 9.17) is 15.6 Å². The first kappa shape index (κ1) is 16.2. The Labute approximate surface area is 105 Å². The highest BCUT2D eigenvalue weighted by atomic mass is 16.5. The van der Waals surface area contributed by atoms with Gasteiger partial charge in [0.05, 0.1) is 12.0 Å². The second kappa shape index (κ2) is 6.80. The van der Waals surface area contributed by atoms with E-state index in [0.29, 0.717) is 0 Å². The minimum atomic E-state index is -1.34. The van der Waals surface area contributed by atoms with Crippen LogP contribution in [0.2, 0.25) is 0 Å². The Hall–Kier alpha value is -1.83. The van der Waals surface area contributed by atoms with Gasteiger partial charge in [-0.1, -0.05) is 0 Å². The minimum Gasteiger partial charge on any atom is -0.480 e. The molecule has 0 saturated carbocycles. The van der Waals surface area contributed by atoms with E-state index >= 15 is 0 Å². The zero-order valence-electron chi connectivity index (χ0n) is 10.6. The predicted octanol–water partition coefficient (Wildman–Crippen LogP) is -0.961. The molecule has 8 heteroatoms. The van der Waals surface area contributed by atoms with Crippen LogP contribution in [0.1, 0.15) is 20.3 Å². The van der Waals surface area contributed by atoms with E-state index in [1.165, 1.54) is 7.11 Å². The predicted molar refractivity (Wildman–Crippen MR) is 62.9 cm³/mol. The van der Waals surface area contributed by atoms with Crippen LogP contribution in [-0.2, 0) is 14.3 Å². The average molecular weight is 261 g/mol. The lowest BCUT2D eigenvalue weighted by atomic mass is 10.1. The summed E-state index contributed by atoms with van der Waals surface area (Å²) in [6.07, 6.45) is -0.462. The van der Waals surface area contributed by atoms with Gasteiger partial charge in [0.1, 0.15) is 6.04 Å². The molecule has 18 heavy (non-hydrogen) atoms. The number of rotatable bonds is 7. The van der Waals surface area contributed by atoms with E-state index < -0.39 is 36.0 Å². The van der Waals surface area contributed by atoms with E-state index in [2.05, 4.69) is 10.6 Å². The molecule has 0 fully saturated rings. The second-order valence-corrected chi connectivity index (χ2v) is 4.35. The standard InChI is InChI=1S/C10H19N3O5/c1-10(2,18-3)5-12-9(17)13-6(8(15)16)4-7(11)14/h6H,4-5H2,1-3H3,(H2,11,14)(H,15,16)(H2,12,13,17)/t6-/m1/s1. The molecular weight excluding hydrogens is 242 g/mol. The molecule has 0 unspecified atom stereocenters. The maximum Gasteiger partial charge on any atom is 0.326 e. The maximum atomic E-state index is 11.4. The fraction of sp³-hybridized carbons (Fsp3) is 0.700. The molecule has 1 atom stereocenters. The Morgan fingerprint density at radius 2 is 1.94 bits per heavy atom. The van der Waals surface area contributed by atoms with Crippen LogP contribution >= 0.6 is 0 Å². The number of aliphatic carboxylic acids is 1. The van der Waals surface area contributed by atoms with E-state index in [-0.39, 0.29) is 6.54 Å². The highest BCUT2D eigenvalue weighted by Gasteiger charge is 2.23. The number of carbonyl (C=O) groups is 3. The van der Waals surface area contributed by atoms with Gasteiger partial charge in [-0.3, -0.25) is 4.79 Å². The van der Waals surface area contributed by atoms with Gasteiger partial charge in [0.25, 0.3) is 0 Å². The fourth-order valence-corrected chi connectivity index (χ4v) is 0.976. The van der Waals surface area contributed by atoms with Crippen molar-refractivity contribution in [2.75, 3.05) is 13.7 Å². The molecular formula is C10H19N3O5. The number of methoxy groups -OCH3 is 1. The van der Waals surface area contributed by atoms with Gasteiger partial charge in [0.15, 0.2) is 0 Å². The summed E-state index contributed by atoms with van der Waals surface area (Å²) >= 11 is 0. The van der Waals surface area contributed by atoms with Gasteiger partial charge < -0.3 is 26.2 Å². The number of nitrogens with one attached hydrogen (secondary N) is 2. The van der Waals surface area contributed by atoms with Gasteiger partial charge in [-0.15, -0.1) is 0 Å². The molecule has 8 nitrogen and oxygen atoms in total. The molecule has 0 aromatic heterocycles. The summed E-state index contributed by atoms with van der Waals surface area (Å²) in [7, 11) is 1.49. The molecule has 3 amide bonds. The van der Waals surface area contributed by atoms with Crippen LogP contribution in [-0.4, -0.2) is 48.3 Å². The SMILES string of the molecule is COC(C)(C)CNC(=O)N[C@H](CC(N)=O)C(=O)O. The molecule has 0 aliphatic rings. The molecule has 0 aliphatic carbocycles. The van der Waals surface area contributed by atoms with Gasteiger partial charge in [0, 0.05) is 13.7 Å². The Morgan fingerprint density at radius 3 is 2.33 bits per heavy atom.